The van der Waals surface area contributed by atoms with Crippen molar-refractivity contribution in [1.29, 1.82) is 0 Å². The van der Waals surface area contributed by atoms with E-state index in [1.54, 1.807) is 0 Å². The maximum Gasteiger partial charge on any atom is 0.336 e. The fourth-order valence-electron chi connectivity index (χ4n) is 1.99. The lowest BCUT2D eigenvalue weighted by atomic mass is 9.95. The highest BCUT2D eigenvalue weighted by molar-refractivity contribution is 5.89. The van der Waals surface area contributed by atoms with Crippen LogP contribution in [0.3, 0.4) is 0 Å². The molecule has 3 nitrogen and oxygen atoms in total. The molecule has 0 fully saturated rings. The number of aromatic carboxylic acids is 1. The van der Waals surface area contributed by atoms with Gasteiger partial charge in [-0.2, -0.15) is 0 Å². The first-order valence-electron chi connectivity index (χ1n) is 5.97. The van der Waals surface area contributed by atoms with Crippen molar-refractivity contribution in [2.24, 2.45) is 0 Å². The average Bonchev–Trinajstić information content (AvgIpc) is 2.43. The monoisotopic (exact) mass is 296 g/mol. The van der Waals surface area contributed by atoms with Crippen molar-refractivity contribution in [3.8, 4) is 0 Å². The first-order valence-corrected chi connectivity index (χ1v) is 5.97. The van der Waals surface area contributed by atoms with Crippen LogP contribution >= 0.6 is 0 Å². The third kappa shape index (κ3) is 2.90. The number of aliphatic hydroxyl groups is 1. The van der Waals surface area contributed by atoms with E-state index in [4.69, 9.17) is 5.11 Å². The van der Waals surface area contributed by atoms with Gasteiger partial charge >= 0.3 is 5.97 Å². The third-order valence-corrected chi connectivity index (χ3v) is 3.12. The molecule has 2 aromatic rings. The lowest BCUT2D eigenvalue weighted by Gasteiger charge is -2.15. The summed E-state index contributed by atoms with van der Waals surface area (Å²) in [5.74, 6) is -4.58. The largest absolute Gasteiger partial charge is 0.478 e. The van der Waals surface area contributed by atoms with E-state index in [2.05, 4.69) is 0 Å². The van der Waals surface area contributed by atoms with E-state index >= 15 is 0 Å². The van der Waals surface area contributed by atoms with Gasteiger partial charge in [0.2, 0.25) is 0 Å². The third-order valence-electron chi connectivity index (χ3n) is 3.12. The molecule has 0 aliphatic rings. The summed E-state index contributed by atoms with van der Waals surface area (Å²) in [5, 5.41) is 19.2. The number of halogens is 3. The molecule has 0 amide bonds. The number of aryl methyl sites for hydroxylation is 1. The zero-order valence-corrected chi connectivity index (χ0v) is 10.9. The highest BCUT2D eigenvalue weighted by Crippen LogP contribution is 2.28. The molecule has 6 heteroatoms. The predicted octanol–water partition coefficient (Wildman–Crippen LogP) is 3.19. The zero-order valence-electron chi connectivity index (χ0n) is 10.9. The Morgan fingerprint density at radius 2 is 1.67 bits per heavy atom. The summed E-state index contributed by atoms with van der Waals surface area (Å²) < 4.78 is 39.6. The van der Waals surface area contributed by atoms with Gasteiger partial charge in [0.25, 0.3) is 0 Å². The number of carbonyl (C=O) groups is 1. The van der Waals surface area contributed by atoms with Gasteiger partial charge in [-0.15, -0.1) is 0 Å². The molecule has 1 atom stereocenters. The summed E-state index contributed by atoms with van der Waals surface area (Å²) in [5.41, 5.74) is -0.427. The topological polar surface area (TPSA) is 57.5 Å². The van der Waals surface area contributed by atoms with Gasteiger partial charge in [0.1, 0.15) is 11.9 Å². The zero-order chi connectivity index (χ0) is 15.7. The summed E-state index contributed by atoms with van der Waals surface area (Å²) in [6.45, 7) is 1.47. The van der Waals surface area contributed by atoms with Gasteiger partial charge in [-0.25, -0.2) is 18.0 Å². The van der Waals surface area contributed by atoms with Crippen LogP contribution in [0, 0.1) is 24.4 Å². The molecule has 0 saturated heterocycles. The van der Waals surface area contributed by atoms with Crippen LogP contribution in [-0.4, -0.2) is 16.2 Å². The fourth-order valence-corrected chi connectivity index (χ4v) is 1.99. The van der Waals surface area contributed by atoms with Crippen LogP contribution in [0.25, 0.3) is 0 Å². The molecule has 110 valence electrons. The van der Waals surface area contributed by atoms with Gasteiger partial charge in [0.05, 0.1) is 5.56 Å². The summed E-state index contributed by atoms with van der Waals surface area (Å²) in [7, 11) is 0. The molecule has 2 aromatic carbocycles. The van der Waals surface area contributed by atoms with Crippen LogP contribution in [0.15, 0.2) is 30.3 Å². The molecule has 0 aliphatic carbocycles. The molecule has 2 rings (SSSR count). The van der Waals surface area contributed by atoms with Crippen molar-refractivity contribution in [3.05, 3.63) is 70.0 Å². The van der Waals surface area contributed by atoms with Crippen LogP contribution in [0.5, 0.6) is 0 Å². The minimum atomic E-state index is -1.51. The van der Waals surface area contributed by atoms with Gasteiger partial charge in [0.15, 0.2) is 11.6 Å². The van der Waals surface area contributed by atoms with Crippen molar-refractivity contribution in [3.63, 3.8) is 0 Å². The molecule has 0 spiro atoms. The minimum Gasteiger partial charge on any atom is -0.478 e. The highest BCUT2D eigenvalue weighted by atomic mass is 19.2. The van der Waals surface area contributed by atoms with Crippen LogP contribution in [0.2, 0.25) is 0 Å². The molecular weight excluding hydrogens is 285 g/mol. The molecular formula is C15H11F3O3. The molecule has 0 aromatic heterocycles. The molecule has 1 unspecified atom stereocenters. The molecule has 0 bridgehead atoms. The Morgan fingerprint density at radius 3 is 2.24 bits per heavy atom. The Kier molecular flexibility index (Phi) is 3.99. The molecule has 0 heterocycles. The molecule has 21 heavy (non-hydrogen) atoms. The van der Waals surface area contributed by atoms with Gasteiger partial charge in [-0.1, -0.05) is 12.1 Å². The van der Waals surface area contributed by atoms with Crippen LogP contribution in [0.1, 0.15) is 33.2 Å². The SMILES string of the molecule is Cc1cc(C(O)c2cc(F)c(F)cc2C(=O)O)ccc1F. The van der Waals surface area contributed by atoms with E-state index in [1.165, 1.54) is 19.1 Å². The van der Waals surface area contributed by atoms with Gasteiger partial charge in [-0.3, -0.25) is 0 Å². The van der Waals surface area contributed by atoms with Crippen LogP contribution in [-0.2, 0) is 0 Å². The lowest BCUT2D eigenvalue weighted by molar-refractivity contribution is 0.0690. The van der Waals surface area contributed by atoms with E-state index in [0.29, 0.717) is 12.1 Å². The van der Waals surface area contributed by atoms with Gasteiger partial charge in [-0.05, 0) is 36.2 Å². The van der Waals surface area contributed by atoms with E-state index in [9.17, 15) is 23.1 Å². The number of rotatable bonds is 3. The second kappa shape index (κ2) is 5.57. The molecule has 2 N–H and O–H groups in total. The Bertz CT molecular complexity index is 714. The van der Waals surface area contributed by atoms with Crippen LogP contribution < -0.4 is 0 Å². The molecule has 0 aliphatic heterocycles. The van der Waals surface area contributed by atoms with Crippen molar-refractivity contribution in [2.45, 2.75) is 13.0 Å². The van der Waals surface area contributed by atoms with Gasteiger partial charge < -0.3 is 10.2 Å². The van der Waals surface area contributed by atoms with Crippen molar-refractivity contribution in [2.75, 3.05) is 0 Å². The van der Waals surface area contributed by atoms with E-state index in [1.807, 2.05) is 0 Å². The number of aliphatic hydroxyl groups excluding tert-OH is 1. The second-order valence-electron chi connectivity index (χ2n) is 4.57. The van der Waals surface area contributed by atoms with Crippen molar-refractivity contribution >= 4 is 5.97 Å². The summed E-state index contributed by atoms with van der Waals surface area (Å²) in [6.07, 6.45) is -1.51. The predicted molar refractivity (Wildman–Crippen MR) is 68.5 cm³/mol. The van der Waals surface area contributed by atoms with E-state index < -0.39 is 35.1 Å². The van der Waals surface area contributed by atoms with E-state index in [-0.39, 0.29) is 16.7 Å². The smallest absolute Gasteiger partial charge is 0.336 e. The Labute approximate surface area is 118 Å². The minimum absolute atomic E-state index is 0.183. The normalized spacial score (nSPS) is 12.2. The number of hydrogen-bond donors (Lipinski definition) is 2. The quantitative estimate of drug-likeness (QED) is 0.914. The van der Waals surface area contributed by atoms with Crippen molar-refractivity contribution < 1.29 is 28.2 Å². The second-order valence-corrected chi connectivity index (χ2v) is 4.57. The maximum atomic E-state index is 13.3. The summed E-state index contributed by atoms with van der Waals surface area (Å²) in [6, 6.07) is 4.80. The van der Waals surface area contributed by atoms with Crippen LogP contribution in [0.4, 0.5) is 13.2 Å². The average molecular weight is 296 g/mol. The Balaban J connectivity index is 2.56. The molecule has 0 saturated carbocycles. The van der Waals surface area contributed by atoms with E-state index in [0.717, 1.165) is 6.07 Å². The Morgan fingerprint density at radius 1 is 1.05 bits per heavy atom. The highest BCUT2D eigenvalue weighted by Gasteiger charge is 2.22. The standard InChI is InChI=1S/C15H11F3O3/c1-7-4-8(2-3-11(7)16)14(19)9-5-12(17)13(18)6-10(9)15(20)21/h2-6,14,19H,1H3,(H,20,21). The fraction of sp³-hybridized carbons (Fsp3) is 0.133. The molecule has 0 radical (unpaired) electrons. The van der Waals surface area contributed by atoms with Crippen molar-refractivity contribution in [1.82, 2.24) is 0 Å². The number of carboxylic acid groups (broad SMARTS) is 1. The number of carboxylic acids is 1. The van der Waals surface area contributed by atoms with Gasteiger partial charge in [0, 0.05) is 5.56 Å². The number of benzene rings is 2. The lowest BCUT2D eigenvalue weighted by Crippen LogP contribution is -2.10. The summed E-state index contributed by atoms with van der Waals surface area (Å²) >= 11 is 0. The first-order chi connectivity index (χ1) is 9.81. The maximum absolute atomic E-state index is 13.3. The Hall–Kier alpha value is -2.34. The summed E-state index contributed by atoms with van der Waals surface area (Å²) in [4.78, 5) is 11.1. The first kappa shape index (κ1) is 15.1. The number of hydrogen-bond acceptors (Lipinski definition) is 2.